The van der Waals surface area contributed by atoms with Gasteiger partial charge in [0, 0.05) is 19.3 Å². The number of rotatable bonds is 1. The molecule has 2 aliphatic heterocycles. The topological polar surface area (TPSA) is 54.5 Å². The zero-order chi connectivity index (χ0) is 13.2. The average molecular weight is 261 g/mol. The van der Waals surface area contributed by atoms with Crippen LogP contribution in [0, 0.1) is 5.92 Å². The molecule has 1 amide bonds. The number of nitrogens with zero attached hydrogens (tertiary/aromatic N) is 2. The minimum atomic E-state index is 0.0658. The molecule has 0 aliphatic carbocycles. The van der Waals surface area contributed by atoms with Gasteiger partial charge in [-0.25, -0.2) is 4.98 Å². The van der Waals surface area contributed by atoms with Crippen molar-refractivity contribution in [3.05, 3.63) is 17.8 Å². The Bertz CT molecular complexity index is 490. The second kappa shape index (κ2) is 5.07. The molecule has 0 radical (unpaired) electrons. The largest absolute Gasteiger partial charge is 0.488 e. The number of fused-ring (bicyclic) bond motifs is 1. The number of pyridine rings is 1. The van der Waals surface area contributed by atoms with Crippen molar-refractivity contribution in [2.45, 2.75) is 19.8 Å². The van der Waals surface area contributed by atoms with E-state index in [1.165, 1.54) is 6.42 Å². The van der Waals surface area contributed by atoms with Crippen molar-refractivity contribution in [2.24, 2.45) is 5.92 Å². The molecule has 3 heterocycles. The Morgan fingerprint density at radius 3 is 3.32 bits per heavy atom. The van der Waals surface area contributed by atoms with Gasteiger partial charge in [0.1, 0.15) is 6.61 Å². The zero-order valence-electron chi connectivity index (χ0n) is 11.2. The van der Waals surface area contributed by atoms with E-state index in [0.717, 1.165) is 31.9 Å². The van der Waals surface area contributed by atoms with Gasteiger partial charge in [-0.1, -0.05) is 6.92 Å². The standard InChI is InChI=1S/C14H19N3O2/c1-10-3-2-5-17(9-10)14(18)11-7-12-13(16-8-11)15-4-6-19-12/h7-8,10H,2-6,9H2,1H3,(H,15,16)/t10-/m0/s1. The number of hydrogen-bond acceptors (Lipinski definition) is 4. The first kappa shape index (κ1) is 12.3. The first-order valence-electron chi connectivity index (χ1n) is 6.90. The van der Waals surface area contributed by atoms with Gasteiger partial charge in [-0.2, -0.15) is 0 Å². The fourth-order valence-corrected chi connectivity index (χ4v) is 2.69. The summed E-state index contributed by atoms with van der Waals surface area (Å²) in [6, 6.07) is 1.80. The number of piperidine rings is 1. The number of aromatic nitrogens is 1. The summed E-state index contributed by atoms with van der Waals surface area (Å²) in [7, 11) is 0. The van der Waals surface area contributed by atoms with Crippen molar-refractivity contribution < 1.29 is 9.53 Å². The molecule has 1 saturated heterocycles. The Labute approximate surface area is 113 Å². The summed E-state index contributed by atoms with van der Waals surface area (Å²) in [5.41, 5.74) is 0.622. The zero-order valence-corrected chi connectivity index (χ0v) is 11.2. The Morgan fingerprint density at radius 1 is 1.58 bits per heavy atom. The molecule has 1 atom stereocenters. The first-order chi connectivity index (χ1) is 9.24. The van der Waals surface area contributed by atoms with Crippen LogP contribution in [-0.4, -0.2) is 42.0 Å². The van der Waals surface area contributed by atoms with Gasteiger partial charge in [0.2, 0.25) is 0 Å². The molecule has 1 aromatic heterocycles. The van der Waals surface area contributed by atoms with E-state index in [4.69, 9.17) is 4.74 Å². The number of amides is 1. The fourth-order valence-electron chi connectivity index (χ4n) is 2.69. The van der Waals surface area contributed by atoms with Crippen LogP contribution in [0.5, 0.6) is 5.75 Å². The number of carbonyl (C=O) groups is 1. The summed E-state index contributed by atoms with van der Waals surface area (Å²) >= 11 is 0. The van der Waals surface area contributed by atoms with Gasteiger partial charge in [-0.05, 0) is 24.8 Å². The molecular formula is C14H19N3O2. The number of carbonyl (C=O) groups excluding carboxylic acids is 1. The highest BCUT2D eigenvalue weighted by molar-refractivity contribution is 5.94. The number of hydrogen-bond donors (Lipinski definition) is 1. The maximum Gasteiger partial charge on any atom is 0.255 e. The smallest absolute Gasteiger partial charge is 0.255 e. The SMILES string of the molecule is C[C@H]1CCCN(C(=O)c2cnc3c(c2)OCCN3)C1. The van der Waals surface area contributed by atoms with Crippen LogP contribution in [0.2, 0.25) is 0 Å². The molecular weight excluding hydrogens is 242 g/mol. The molecule has 1 aromatic rings. The second-order valence-electron chi connectivity index (χ2n) is 5.34. The minimum Gasteiger partial charge on any atom is -0.488 e. The number of likely N-dealkylation sites (tertiary alicyclic amines) is 1. The maximum atomic E-state index is 12.4. The van der Waals surface area contributed by atoms with Gasteiger partial charge in [0.15, 0.2) is 11.6 Å². The fraction of sp³-hybridized carbons (Fsp3) is 0.571. The van der Waals surface area contributed by atoms with E-state index in [2.05, 4.69) is 17.2 Å². The third kappa shape index (κ3) is 2.50. The van der Waals surface area contributed by atoms with Crippen LogP contribution in [0.25, 0.3) is 0 Å². The van der Waals surface area contributed by atoms with Crippen LogP contribution in [0.3, 0.4) is 0 Å². The van der Waals surface area contributed by atoms with E-state index in [-0.39, 0.29) is 5.91 Å². The van der Waals surface area contributed by atoms with Crippen molar-refractivity contribution >= 4 is 11.7 Å². The molecule has 0 aromatic carbocycles. The van der Waals surface area contributed by atoms with Crippen molar-refractivity contribution in [3.8, 4) is 5.75 Å². The van der Waals surface area contributed by atoms with Crippen LogP contribution < -0.4 is 10.1 Å². The lowest BCUT2D eigenvalue weighted by molar-refractivity contribution is 0.0682. The molecule has 19 heavy (non-hydrogen) atoms. The number of anilines is 1. The number of nitrogens with one attached hydrogen (secondary N) is 1. The molecule has 3 rings (SSSR count). The summed E-state index contributed by atoms with van der Waals surface area (Å²) in [5.74, 6) is 2.06. The van der Waals surface area contributed by atoms with Crippen molar-refractivity contribution in [3.63, 3.8) is 0 Å². The number of ether oxygens (including phenoxy) is 1. The third-order valence-electron chi connectivity index (χ3n) is 3.70. The lowest BCUT2D eigenvalue weighted by Crippen LogP contribution is -2.39. The van der Waals surface area contributed by atoms with Gasteiger partial charge >= 0.3 is 0 Å². The van der Waals surface area contributed by atoms with Crippen LogP contribution in [-0.2, 0) is 0 Å². The predicted octanol–water partition coefficient (Wildman–Crippen LogP) is 1.76. The highest BCUT2D eigenvalue weighted by Gasteiger charge is 2.23. The summed E-state index contributed by atoms with van der Waals surface area (Å²) in [6.07, 6.45) is 3.94. The first-order valence-corrected chi connectivity index (χ1v) is 6.90. The van der Waals surface area contributed by atoms with Gasteiger partial charge < -0.3 is 15.0 Å². The van der Waals surface area contributed by atoms with Crippen LogP contribution in [0.1, 0.15) is 30.1 Å². The third-order valence-corrected chi connectivity index (χ3v) is 3.70. The monoisotopic (exact) mass is 261 g/mol. The van der Waals surface area contributed by atoms with E-state index < -0.39 is 0 Å². The van der Waals surface area contributed by atoms with Crippen LogP contribution in [0.15, 0.2) is 12.3 Å². The van der Waals surface area contributed by atoms with Crippen molar-refractivity contribution in [2.75, 3.05) is 31.6 Å². The van der Waals surface area contributed by atoms with E-state index in [1.54, 1.807) is 12.3 Å². The van der Waals surface area contributed by atoms with Gasteiger partial charge in [0.05, 0.1) is 12.1 Å². The minimum absolute atomic E-state index is 0.0658. The molecule has 0 spiro atoms. The highest BCUT2D eigenvalue weighted by atomic mass is 16.5. The molecule has 5 nitrogen and oxygen atoms in total. The molecule has 2 aliphatic rings. The molecule has 0 saturated carbocycles. The van der Waals surface area contributed by atoms with Gasteiger partial charge in [0.25, 0.3) is 5.91 Å². The van der Waals surface area contributed by atoms with Crippen LogP contribution in [0.4, 0.5) is 5.82 Å². The molecule has 102 valence electrons. The molecule has 5 heteroatoms. The van der Waals surface area contributed by atoms with Crippen molar-refractivity contribution in [1.29, 1.82) is 0 Å². The van der Waals surface area contributed by atoms with E-state index >= 15 is 0 Å². The molecule has 1 N–H and O–H groups in total. The molecule has 0 bridgehead atoms. The van der Waals surface area contributed by atoms with Gasteiger partial charge in [-0.3, -0.25) is 4.79 Å². The molecule has 1 fully saturated rings. The van der Waals surface area contributed by atoms with Gasteiger partial charge in [-0.15, -0.1) is 0 Å². The van der Waals surface area contributed by atoms with E-state index in [0.29, 0.717) is 23.8 Å². The summed E-state index contributed by atoms with van der Waals surface area (Å²) in [5, 5.41) is 3.15. The summed E-state index contributed by atoms with van der Waals surface area (Å²) in [4.78, 5) is 18.6. The lowest BCUT2D eigenvalue weighted by Gasteiger charge is -2.31. The second-order valence-corrected chi connectivity index (χ2v) is 5.34. The van der Waals surface area contributed by atoms with Crippen molar-refractivity contribution in [1.82, 2.24) is 9.88 Å². The Kier molecular flexibility index (Phi) is 3.27. The summed E-state index contributed by atoms with van der Waals surface area (Å²) in [6.45, 7) is 5.26. The van der Waals surface area contributed by atoms with E-state index in [1.807, 2.05) is 4.90 Å². The normalized spacial score (nSPS) is 22.2. The molecule has 0 unspecified atom stereocenters. The Balaban J connectivity index is 1.79. The lowest BCUT2D eigenvalue weighted by atomic mass is 10.00. The van der Waals surface area contributed by atoms with Crippen LogP contribution >= 0.6 is 0 Å². The quantitative estimate of drug-likeness (QED) is 0.837. The highest BCUT2D eigenvalue weighted by Crippen LogP contribution is 2.26. The Morgan fingerprint density at radius 2 is 2.47 bits per heavy atom. The maximum absolute atomic E-state index is 12.4. The predicted molar refractivity (Wildman–Crippen MR) is 72.5 cm³/mol. The average Bonchev–Trinajstić information content (AvgIpc) is 2.46. The summed E-state index contributed by atoms with van der Waals surface area (Å²) < 4.78 is 5.53. The van der Waals surface area contributed by atoms with E-state index in [9.17, 15) is 4.79 Å². The Hall–Kier alpha value is -1.78.